The molecule has 0 aliphatic carbocycles. The number of carbonyl (C=O) groups excluding carboxylic acids is 1. The van der Waals surface area contributed by atoms with Crippen molar-refractivity contribution >= 4 is 23.2 Å². The molecule has 0 bridgehead atoms. The van der Waals surface area contributed by atoms with Crippen LogP contribution >= 0.6 is 11.6 Å². The minimum Gasteiger partial charge on any atom is -0.466 e. The lowest BCUT2D eigenvalue weighted by atomic mass is 10.3. The molecule has 1 N–H and O–H groups in total. The number of carbonyl (C=O) groups is 1. The Balaban J connectivity index is 1.74. The second-order valence-corrected chi connectivity index (χ2v) is 4.87. The van der Waals surface area contributed by atoms with E-state index in [1.165, 1.54) is 0 Å². The van der Waals surface area contributed by atoms with Crippen LogP contribution in [0.2, 0.25) is 5.02 Å². The van der Waals surface area contributed by atoms with E-state index in [-0.39, 0.29) is 5.97 Å². The molecule has 0 saturated heterocycles. The van der Waals surface area contributed by atoms with E-state index in [2.05, 4.69) is 10.3 Å². The molecule has 0 atom stereocenters. The molecule has 0 saturated carbocycles. The van der Waals surface area contributed by atoms with Gasteiger partial charge in [0.2, 0.25) is 0 Å². The maximum Gasteiger partial charge on any atom is 0.305 e. The van der Waals surface area contributed by atoms with Gasteiger partial charge in [0.15, 0.2) is 0 Å². The van der Waals surface area contributed by atoms with Gasteiger partial charge in [-0.05, 0) is 32.0 Å². The van der Waals surface area contributed by atoms with Crippen LogP contribution in [-0.2, 0) is 16.1 Å². The molecule has 0 amide bonds. The van der Waals surface area contributed by atoms with Gasteiger partial charge < -0.3 is 14.5 Å². The Labute approximate surface area is 122 Å². The van der Waals surface area contributed by atoms with Gasteiger partial charge in [0.25, 0.3) is 0 Å². The Morgan fingerprint density at radius 3 is 3.10 bits per heavy atom. The third-order valence-electron chi connectivity index (χ3n) is 2.81. The summed E-state index contributed by atoms with van der Waals surface area (Å²) in [7, 11) is 0. The normalized spacial score (nSPS) is 10.9. The summed E-state index contributed by atoms with van der Waals surface area (Å²) < 4.78 is 6.76. The molecule has 5 nitrogen and oxygen atoms in total. The number of hydrogen-bond donors (Lipinski definition) is 1. The summed E-state index contributed by atoms with van der Waals surface area (Å²) in [5.74, 6) is -0.142. The number of ether oxygens (including phenoxy) is 1. The molecule has 2 aromatic rings. The molecule has 0 aliphatic rings. The number of esters is 1. The monoisotopic (exact) mass is 295 g/mol. The maximum absolute atomic E-state index is 11.1. The largest absolute Gasteiger partial charge is 0.466 e. The number of fused-ring (bicyclic) bond motifs is 1. The second-order valence-electron chi connectivity index (χ2n) is 4.43. The fourth-order valence-electron chi connectivity index (χ4n) is 1.91. The molecular weight excluding hydrogens is 278 g/mol. The van der Waals surface area contributed by atoms with Crippen LogP contribution in [0.15, 0.2) is 24.5 Å². The minimum absolute atomic E-state index is 0.142. The predicted octanol–water partition coefficient (Wildman–Crippen LogP) is 2.42. The zero-order valence-electron chi connectivity index (χ0n) is 11.4. The summed E-state index contributed by atoms with van der Waals surface area (Å²) in [5, 5.41) is 3.94. The first-order chi connectivity index (χ1) is 9.69. The Bertz CT molecular complexity index is 583. The Kier molecular flexibility index (Phi) is 5.38. The number of imidazole rings is 1. The van der Waals surface area contributed by atoms with Crippen LogP contribution in [0.25, 0.3) is 5.65 Å². The number of rotatable bonds is 7. The number of nitrogens with one attached hydrogen (secondary N) is 1. The van der Waals surface area contributed by atoms with Crippen molar-refractivity contribution in [3.05, 3.63) is 35.2 Å². The van der Waals surface area contributed by atoms with Gasteiger partial charge in [0.05, 0.1) is 17.3 Å². The summed E-state index contributed by atoms with van der Waals surface area (Å²) in [6.45, 7) is 3.68. The molecule has 0 radical (unpaired) electrons. The van der Waals surface area contributed by atoms with Crippen LogP contribution < -0.4 is 5.32 Å². The average molecular weight is 296 g/mol. The highest BCUT2D eigenvalue weighted by Crippen LogP contribution is 2.11. The zero-order valence-corrected chi connectivity index (χ0v) is 12.2. The van der Waals surface area contributed by atoms with Crippen molar-refractivity contribution in [2.24, 2.45) is 0 Å². The predicted molar refractivity (Wildman–Crippen MR) is 77.8 cm³/mol. The summed E-state index contributed by atoms with van der Waals surface area (Å²) >= 11 is 5.92. The number of hydrogen-bond acceptors (Lipinski definition) is 4. The molecule has 0 spiro atoms. The number of halogens is 1. The fourth-order valence-corrected chi connectivity index (χ4v) is 2.08. The molecule has 108 valence electrons. The van der Waals surface area contributed by atoms with Crippen molar-refractivity contribution in [1.29, 1.82) is 0 Å². The number of aromatic nitrogens is 2. The molecule has 2 aromatic heterocycles. The lowest BCUT2D eigenvalue weighted by Gasteiger charge is -2.02. The van der Waals surface area contributed by atoms with E-state index in [1.807, 2.05) is 35.9 Å². The summed E-state index contributed by atoms with van der Waals surface area (Å²) in [5.41, 5.74) is 1.82. The lowest BCUT2D eigenvalue weighted by molar-refractivity contribution is -0.143. The fraction of sp³-hybridized carbons (Fsp3) is 0.429. The summed E-state index contributed by atoms with van der Waals surface area (Å²) in [6.07, 6.45) is 4.98. The van der Waals surface area contributed by atoms with E-state index in [0.29, 0.717) is 24.6 Å². The zero-order chi connectivity index (χ0) is 14.4. The van der Waals surface area contributed by atoms with E-state index in [4.69, 9.17) is 16.3 Å². The van der Waals surface area contributed by atoms with Gasteiger partial charge in [-0.1, -0.05) is 11.6 Å². The van der Waals surface area contributed by atoms with Gasteiger partial charge in [-0.15, -0.1) is 0 Å². The summed E-state index contributed by atoms with van der Waals surface area (Å²) in [4.78, 5) is 15.6. The van der Waals surface area contributed by atoms with Crippen molar-refractivity contribution in [1.82, 2.24) is 14.7 Å². The number of nitrogens with zero attached hydrogens (tertiary/aromatic N) is 2. The molecular formula is C14H18ClN3O2. The van der Waals surface area contributed by atoms with Crippen LogP contribution in [-0.4, -0.2) is 28.5 Å². The van der Waals surface area contributed by atoms with Crippen LogP contribution in [0.4, 0.5) is 0 Å². The minimum atomic E-state index is -0.142. The van der Waals surface area contributed by atoms with E-state index in [9.17, 15) is 4.79 Å². The third kappa shape index (κ3) is 4.21. The highest BCUT2D eigenvalue weighted by Gasteiger charge is 2.03. The topological polar surface area (TPSA) is 55.6 Å². The highest BCUT2D eigenvalue weighted by atomic mass is 35.5. The molecule has 20 heavy (non-hydrogen) atoms. The van der Waals surface area contributed by atoms with Gasteiger partial charge in [0.1, 0.15) is 5.65 Å². The standard InChI is InChI=1S/C14H18ClN3O2/c1-2-20-14(19)4-3-7-16-8-12-10-18-9-11(15)5-6-13(18)17-12/h5-6,9-10,16H,2-4,7-8H2,1H3. The molecule has 2 rings (SSSR count). The summed E-state index contributed by atoms with van der Waals surface area (Å²) in [6, 6.07) is 3.70. The van der Waals surface area contributed by atoms with Gasteiger partial charge in [-0.3, -0.25) is 4.79 Å². The first-order valence-corrected chi connectivity index (χ1v) is 7.06. The van der Waals surface area contributed by atoms with Crippen LogP contribution in [0.1, 0.15) is 25.5 Å². The molecule has 0 aliphatic heterocycles. The van der Waals surface area contributed by atoms with Gasteiger partial charge in [-0.2, -0.15) is 0 Å². The Morgan fingerprint density at radius 2 is 2.30 bits per heavy atom. The smallest absolute Gasteiger partial charge is 0.305 e. The quantitative estimate of drug-likeness (QED) is 0.629. The molecule has 2 heterocycles. The van der Waals surface area contributed by atoms with Crippen LogP contribution in [0.3, 0.4) is 0 Å². The van der Waals surface area contributed by atoms with E-state index < -0.39 is 0 Å². The van der Waals surface area contributed by atoms with Gasteiger partial charge in [-0.25, -0.2) is 4.98 Å². The van der Waals surface area contributed by atoms with E-state index in [0.717, 1.165) is 24.3 Å². The molecule has 0 fully saturated rings. The second kappa shape index (κ2) is 7.26. The van der Waals surface area contributed by atoms with Gasteiger partial charge in [0, 0.05) is 25.4 Å². The SMILES string of the molecule is CCOC(=O)CCCNCc1cn2cc(Cl)ccc2n1. The van der Waals surface area contributed by atoms with Crippen LogP contribution in [0.5, 0.6) is 0 Å². The van der Waals surface area contributed by atoms with Crippen molar-refractivity contribution in [2.45, 2.75) is 26.3 Å². The van der Waals surface area contributed by atoms with Gasteiger partial charge >= 0.3 is 5.97 Å². The maximum atomic E-state index is 11.1. The molecule has 0 aromatic carbocycles. The molecule has 6 heteroatoms. The van der Waals surface area contributed by atoms with Crippen molar-refractivity contribution in [3.63, 3.8) is 0 Å². The van der Waals surface area contributed by atoms with Crippen LogP contribution in [0, 0.1) is 0 Å². The Morgan fingerprint density at radius 1 is 1.45 bits per heavy atom. The third-order valence-corrected chi connectivity index (χ3v) is 3.03. The van der Waals surface area contributed by atoms with Crippen molar-refractivity contribution < 1.29 is 9.53 Å². The van der Waals surface area contributed by atoms with Crippen molar-refractivity contribution in [2.75, 3.05) is 13.2 Å². The molecule has 0 unspecified atom stereocenters. The number of pyridine rings is 1. The van der Waals surface area contributed by atoms with E-state index in [1.54, 1.807) is 0 Å². The average Bonchev–Trinajstić information content (AvgIpc) is 2.80. The lowest BCUT2D eigenvalue weighted by Crippen LogP contribution is -2.16. The highest BCUT2D eigenvalue weighted by molar-refractivity contribution is 6.30. The first kappa shape index (κ1) is 14.8. The van der Waals surface area contributed by atoms with E-state index >= 15 is 0 Å². The first-order valence-electron chi connectivity index (χ1n) is 6.68. The van der Waals surface area contributed by atoms with Crippen molar-refractivity contribution in [3.8, 4) is 0 Å². The Hall–Kier alpha value is -1.59.